The summed E-state index contributed by atoms with van der Waals surface area (Å²) in [7, 11) is 0. The van der Waals surface area contributed by atoms with Crippen molar-refractivity contribution in [2.45, 2.75) is 19.4 Å². The lowest BCUT2D eigenvalue weighted by Gasteiger charge is -2.15. The first-order valence-electron chi connectivity index (χ1n) is 9.75. The lowest BCUT2D eigenvalue weighted by Crippen LogP contribution is -2.18. The molecule has 1 saturated heterocycles. The van der Waals surface area contributed by atoms with E-state index in [4.69, 9.17) is 0 Å². The van der Waals surface area contributed by atoms with Gasteiger partial charge >= 0.3 is 0 Å². The molecule has 2 heterocycles. The predicted octanol–water partition coefficient (Wildman–Crippen LogP) is 4.85. The van der Waals surface area contributed by atoms with Crippen LogP contribution in [0.15, 0.2) is 66.0 Å². The van der Waals surface area contributed by atoms with Gasteiger partial charge in [-0.25, -0.2) is 0 Å². The van der Waals surface area contributed by atoms with Crippen LogP contribution in [0.1, 0.15) is 38.4 Å². The van der Waals surface area contributed by atoms with Crippen LogP contribution in [0.4, 0.5) is 11.4 Å². The van der Waals surface area contributed by atoms with Crippen LogP contribution >= 0.6 is 11.3 Å². The zero-order valence-electron chi connectivity index (χ0n) is 16.1. The first kappa shape index (κ1) is 19.4. The maximum Gasteiger partial charge on any atom is 0.265 e. The average molecular weight is 406 g/mol. The average Bonchev–Trinajstić information content (AvgIpc) is 3.44. The van der Waals surface area contributed by atoms with E-state index in [1.807, 2.05) is 23.6 Å². The SMILES string of the molecule is O=C(Nc1ccc(CN2CCCC2)cc1)c1cccc(NC(=O)c2cccs2)c1. The maximum absolute atomic E-state index is 12.6. The smallest absolute Gasteiger partial charge is 0.265 e. The number of hydrogen-bond donors (Lipinski definition) is 2. The van der Waals surface area contributed by atoms with E-state index in [1.54, 1.807) is 30.3 Å². The van der Waals surface area contributed by atoms with Crippen molar-refractivity contribution in [2.75, 3.05) is 23.7 Å². The fourth-order valence-corrected chi connectivity index (χ4v) is 4.05. The molecule has 3 aromatic rings. The minimum absolute atomic E-state index is 0.175. The number of nitrogens with zero attached hydrogens (tertiary/aromatic N) is 1. The summed E-state index contributed by atoms with van der Waals surface area (Å²) in [6.07, 6.45) is 2.56. The molecule has 1 aliphatic heterocycles. The molecule has 2 amide bonds. The normalized spacial score (nSPS) is 13.9. The highest BCUT2D eigenvalue weighted by Gasteiger charge is 2.13. The van der Waals surface area contributed by atoms with E-state index in [0.717, 1.165) is 25.3 Å². The van der Waals surface area contributed by atoms with Crippen LogP contribution in [0.3, 0.4) is 0 Å². The third-order valence-corrected chi connectivity index (χ3v) is 5.81. The third-order valence-electron chi connectivity index (χ3n) is 4.94. The van der Waals surface area contributed by atoms with Crippen molar-refractivity contribution in [1.29, 1.82) is 0 Å². The molecule has 0 saturated carbocycles. The zero-order valence-corrected chi connectivity index (χ0v) is 16.9. The molecule has 0 unspecified atom stereocenters. The minimum Gasteiger partial charge on any atom is -0.322 e. The minimum atomic E-state index is -0.204. The summed E-state index contributed by atoms with van der Waals surface area (Å²) in [5.41, 5.74) is 3.10. The van der Waals surface area contributed by atoms with Crippen LogP contribution in [-0.4, -0.2) is 29.8 Å². The number of thiophene rings is 1. The Balaban J connectivity index is 1.37. The summed E-state index contributed by atoms with van der Waals surface area (Å²) in [4.78, 5) is 27.9. The van der Waals surface area contributed by atoms with Crippen molar-refractivity contribution in [3.05, 3.63) is 82.0 Å². The van der Waals surface area contributed by atoms with Crippen LogP contribution in [0.2, 0.25) is 0 Å². The van der Waals surface area contributed by atoms with Crippen LogP contribution in [0.25, 0.3) is 0 Å². The first-order chi connectivity index (χ1) is 14.2. The van der Waals surface area contributed by atoms with E-state index in [0.29, 0.717) is 16.1 Å². The van der Waals surface area contributed by atoms with Crippen molar-refractivity contribution in [2.24, 2.45) is 0 Å². The summed E-state index contributed by atoms with van der Waals surface area (Å²) >= 11 is 1.38. The molecule has 2 aromatic carbocycles. The van der Waals surface area contributed by atoms with Crippen molar-refractivity contribution < 1.29 is 9.59 Å². The molecule has 0 atom stereocenters. The lowest BCUT2D eigenvalue weighted by atomic mass is 10.1. The molecule has 1 aromatic heterocycles. The number of hydrogen-bond acceptors (Lipinski definition) is 4. The van der Waals surface area contributed by atoms with Gasteiger partial charge in [0.2, 0.25) is 0 Å². The molecule has 5 nitrogen and oxygen atoms in total. The van der Waals surface area contributed by atoms with Crippen molar-refractivity contribution in [1.82, 2.24) is 4.90 Å². The Labute approximate surface area is 174 Å². The summed E-state index contributed by atoms with van der Waals surface area (Å²) in [5, 5.41) is 7.61. The maximum atomic E-state index is 12.6. The van der Waals surface area contributed by atoms with Crippen molar-refractivity contribution in [3.63, 3.8) is 0 Å². The van der Waals surface area contributed by atoms with Crippen LogP contribution < -0.4 is 10.6 Å². The quantitative estimate of drug-likeness (QED) is 0.616. The molecule has 148 valence electrons. The molecule has 4 rings (SSSR count). The topological polar surface area (TPSA) is 61.4 Å². The molecule has 1 fully saturated rings. The summed E-state index contributed by atoms with van der Waals surface area (Å²) in [6.45, 7) is 3.29. The lowest BCUT2D eigenvalue weighted by molar-refractivity contribution is 0.101. The molecule has 2 N–H and O–H groups in total. The highest BCUT2D eigenvalue weighted by Crippen LogP contribution is 2.18. The predicted molar refractivity (Wildman–Crippen MR) is 118 cm³/mol. The molecule has 0 radical (unpaired) electrons. The van der Waals surface area contributed by atoms with Gasteiger partial charge in [0, 0.05) is 23.5 Å². The zero-order chi connectivity index (χ0) is 20.1. The Hall–Kier alpha value is -2.96. The second-order valence-electron chi connectivity index (χ2n) is 7.15. The van der Waals surface area contributed by atoms with Gasteiger partial charge in [-0.2, -0.15) is 0 Å². The Morgan fingerprint density at radius 1 is 0.862 bits per heavy atom. The summed E-state index contributed by atoms with van der Waals surface area (Å²) in [6, 6.07) is 18.5. The van der Waals surface area contributed by atoms with Gasteiger partial charge in [-0.3, -0.25) is 14.5 Å². The van der Waals surface area contributed by atoms with E-state index < -0.39 is 0 Å². The second kappa shape index (κ2) is 9.03. The monoisotopic (exact) mass is 405 g/mol. The Morgan fingerprint density at radius 3 is 2.34 bits per heavy atom. The molecule has 0 spiro atoms. The molecule has 0 aliphatic carbocycles. The number of likely N-dealkylation sites (tertiary alicyclic amines) is 1. The van der Waals surface area contributed by atoms with Gasteiger partial charge in [-0.1, -0.05) is 24.3 Å². The summed E-state index contributed by atoms with van der Waals surface area (Å²) < 4.78 is 0. The molecule has 1 aliphatic rings. The van der Waals surface area contributed by atoms with Crippen LogP contribution in [-0.2, 0) is 6.54 Å². The molecule has 6 heteroatoms. The van der Waals surface area contributed by atoms with E-state index in [1.165, 1.54) is 29.7 Å². The van der Waals surface area contributed by atoms with Crippen LogP contribution in [0, 0.1) is 0 Å². The highest BCUT2D eigenvalue weighted by molar-refractivity contribution is 7.12. The number of carbonyl (C=O) groups excluding carboxylic acids is 2. The fourth-order valence-electron chi connectivity index (χ4n) is 3.43. The van der Waals surface area contributed by atoms with Crippen LogP contribution in [0.5, 0.6) is 0 Å². The molecule has 0 bridgehead atoms. The van der Waals surface area contributed by atoms with Gasteiger partial charge in [0.25, 0.3) is 11.8 Å². The molecule has 29 heavy (non-hydrogen) atoms. The van der Waals surface area contributed by atoms with E-state index in [9.17, 15) is 9.59 Å². The number of benzene rings is 2. The van der Waals surface area contributed by atoms with Gasteiger partial charge in [0.15, 0.2) is 0 Å². The molecular formula is C23H23N3O2S. The third kappa shape index (κ3) is 5.10. The number of rotatable bonds is 6. The van der Waals surface area contributed by atoms with Gasteiger partial charge in [0.05, 0.1) is 4.88 Å². The standard InChI is InChI=1S/C23H23N3O2S/c27-22(24-19-10-8-17(9-11-19)16-26-12-1-2-13-26)18-5-3-6-20(15-18)25-23(28)21-7-4-14-29-21/h3-11,14-15H,1-2,12-13,16H2,(H,24,27)(H,25,28). The summed E-state index contributed by atoms with van der Waals surface area (Å²) in [5.74, 6) is -0.379. The Morgan fingerprint density at radius 2 is 1.62 bits per heavy atom. The van der Waals surface area contributed by atoms with Gasteiger partial charge < -0.3 is 10.6 Å². The van der Waals surface area contributed by atoms with Gasteiger partial charge in [-0.15, -0.1) is 11.3 Å². The highest BCUT2D eigenvalue weighted by atomic mass is 32.1. The van der Waals surface area contributed by atoms with E-state index in [-0.39, 0.29) is 11.8 Å². The number of nitrogens with one attached hydrogen (secondary N) is 2. The Kier molecular flexibility index (Phi) is 6.03. The van der Waals surface area contributed by atoms with Crippen molar-refractivity contribution >= 4 is 34.5 Å². The number of carbonyl (C=O) groups is 2. The number of anilines is 2. The largest absolute Gasteiger partial charge is 0.322 e. The van der Waals surface area contributed by atoms with E-state index in [2.05, 4.69) is 27.7 Å². The Bertz CT molecular complexity index is 978. The van der Waals surface area contributed by atoms with E-state index >= 15 is 0 Å². The second-order valence-corrected chi connectivity index (χ2v) is 8.09. The first-order valence-corrected chi connectivity index (χ1v) is 10.6. The van der Waals surface area contributed by atoms with Gasteiger partial charge in [-0.05, 0) is 73.3 Å². The van der Waals surface area contributed by atoms with Gasteiger partial charge in [0.1, 0.15) is 0 Å². The fraction of sp³-hybridized carbons (Fsp3) is 0.217. The number of amides is 2. The molecular weight excluding hydrogens is 382 g/mol. The van der Waals surface area contributed by atoms with Crippen molar-refractivity contribution in [3.8, 4) is 0 Å².